The molecule has 0 aromatic heterocycles. The molecule has 0 aromatic rings. The second kappa shape index (κ2) is 5.32. The Hall–Kier alpha value is -0.345. The summed E-state index contributed by atoms with van der Waals surface area (Å²) in [6.45, 7) is 0. The Kier molecular flexibility index (Phi) is 5.16. The van der Waals surface area contributed by atoms with Gasteiger partial charge in [-0.1, -0.05) is 0 Å². The van der Waals surface area contributed by atoms with Crippen molar-refractivity contribution < 1.29 is 27.4 Å². The molecule has 0 aliphatic carbocycles. The number of carbonyl (C=O) groups is 2. The van der Waals surface area contributed by atoms with Crippen LogP contribution in [-0.4, -0.2) is 29.3 Å². The molecule has 0 amide bonds. The molecule has 0 aromatic carbocycles. The Morgan fingerprint density at radius 1 is 1.36 bits per heavy atom. The molecule has 0 rings (SSSR count). The molecule has 6 nitrogen and oxygen atoms in total. The average molecular weight is 274 g/mol. The lowest BCUT2D eigenvalue weighted by Gasteiger charge is -1.99. The number of hydrogen-bond acceptors (Lipinski definition) is 6. The van der Waals surface area contributed by atoms with Crippen LogP contribution in [0.15, 0.2) is 0 Å². The predicted molar refractivity (Wildman–Crippen MR) is 41.0 cm³/mol. The van der Waals surface area contributed by atoms with Gasteiger partial charge in [0.2, 0.25) is 0 Å². The fourth-order valence-corrected chi connectivity index (χ4v) is 0.460. The van der Waals surface area contributed by atoms with Crippen LogP contribution < -0.4 is 0 Å². The predicted octanol–water partition coefficient (Wildman–Crippen LogP) is -1.22. The third kappa shape index (κ3) is 6.07. The number of halogens is 1. The zero-order chi connectivity index (χ0) is 8.85. The lowest BCUT2D eigenvalue weighted by molar-refractivity contribution is -0.144. The van der Waals surface area contributed by atoms with Crippen molar-refractivity contribution in [2.75, 3.05) is 0 Å². The number of rotatable bonds is 3. The summed E-state index contributed by atoms with van der Waals surface area (Å²) in [5.41, 5.74) is 0. The van der Waals surface area contributed by atoms with Crippen LogP contribution in [0.3, 0.4) is 0 Å². The summed E-state index contributed by atoms with van der Waals surface area (Å²) in [6.07, 6.45) is -0.638. The van der Waals surface area contributed by atoms with Gasteiger partial charge in [-0.2, -0.15) is 0 Å². The second-order valence-electron chi connectivity index (χ2n) is 1.44. The molecular formula is C3H4BIO6. The Morgan fingerprint density at radius 3 is 2.27 bits per heavy atom. The molecule has 0 radical (unpaired) electrons. The lowest BCUT2D eigenvalue weighted by atomic mass is 10.2. The van der Waals surface area contributed by atoms with Gasteiger partial charge in [0.1, 0.15) is 6.42 Å². The van der Waals surface area contributed by atoms with Crippen molar-refractivity contribution >= 4 is 42.3 Å². The van der Waals surface area contributed by atoms with Crippen LogP contribution in [0, 0.1) is 0 Å². The Morgan fingerprint density at radius 2 is 1.91 bits per heavy atom. The van der Waals surface area contributed by atoms with Crippen LogP contribution in [0.1, 0.15) is 6.42 Å². The van der Waals surface area contributed by atoms with Gasteiger partial charge >= 0.3 is 19.3 Å². The molecule has 0 fully saturated rings. The van der Waals surface area contributed by atoms with Gasteiger partial charge in [0.15, 0.2) is 23.0 Å². The normalized spacial score (nSPS) is 8.64. The minimum Gasteiger partial charge on any atom is -0.485 e. The van der Waals surface area contributed by atoms with Crippen molar-refractivity contribution in [2.45, 2.75) is 6.42 Å². The zero-order valence-corrected chi connectivity index (χ0v) is 7.35. The van der Waals surface area contributed by atoms with Gasteiger partial charge in [0, 0.05) is 0 Å². The van der Waals surface area contributed by atoms with E-state index in [9.17, 15) is 9.59 Å². The summed E-state index contributed by atoms with van der Waals surface area (Å²) in [7, 11) is -2.19. The van der Waals surface area contributed by atoms with Gasteiger partial charge in [-0.3, -0.25) is 9.59 Å². The van der Waals surface area contributed by atoms with Crippen LogP contribution >= 0.6 is 23.0 Å². The molecule has 11 heavy (non-hydrogen) atoms. The van der Waals surface area contributed by atoms with E-state index in [2.05, 4.69) is 7.72 Å². The van der Waals surface area contributed by atoms with Crippen molar-refractivity contribution in [1.82, 2.24) is 0 Å². The molecule has 0 heterocycles. The highest BCUT2D eigenvalue weighted by Gasteiger charge is 2.18. The van der Waals surface area contributed by atoms with Gasteiger partial charge < -0.3 is 17.8 Å². The Balaban J connectivity index is 3.61. The summed E-state index contributed by atoms with van der Waals surface area (Å²) >= 11 is 1.30. The summed E-state index contributed by atoms with van der Waals surface area (Å²) in [5, 5.41) is 16.1. The maximum atomic E-state index is 10.4. The average Bonchev–Trinajstić information content (AvgIpc) is 1.85. The molecule has 0 aliphatic heterocycles. The smallest absolute Gasteiger partial charge is 0.485 e. The first kappa shape index (κ1) is 10.7. The van der Waals surface area contributed by atoms with Crippen molar-refractivity contribution in [3.8, 4) is 0 Å². The van der Waals surface area contributed by atoms with Crippen molar-refractivity contribution in [3.63, 3.8) is 0 Å². The summed E-state index contributed by atoms with van der Waals surface area (Å²) in [4.78, 5) is 20.7. The number of carbonyl (C=O) groups excluding carboxylic acids is 2. The topological polar surface area (TPSA) is 93.1 Å². The number of hydrogen-bond donors (Lipinski definition) is 2. The molecular weight excluding hydrogens is 270 g/mol. The fourth-order valence-electron chi connectivity index (χ4n) is 0.304. The molecule has 0 aliphatic rings. The van der Waals surface area contributed by atoms with Crippen LogP contribution in [0.4, 0.5) is 0 Å². The van der Waals surface area contributed by atoms with Gasteiger partial charge in [-0.15, -0.1) is 0 Å². The SMILES string of the molecule is O=C(CC(=O)OB(O)O)OI. The lowest BCUT2D eigenvalue weighted by Crippen LogP contribution is -2.23. The van der Waals surface area contributed by atoms with Crippen LogP contribution in [-0.2, 0) is 17.3 Å². The van der Waals surface area contributed by atoms with E-state index in [1.165, 1.54) is 23.0 Å². The maximum Gasteiger partial charge on any atom is 0.709 e. The molecule has 0 saturated carbocycles. The molecule has 62 valence electrons. The van der Waals surface area contributed by atoms with E-state index < -0.39 is 25.7 Å². The molecule has 0 saturated heterocycles. The first-order valence-electron chi connectivity index (χ1n) is 2.43. The highest BCUT2D eigenvalue weighted by atomic mass is 127. The van der Waals surface area contributed by atoms with E-state index in [4.69, 9.17) is 10.0 Å². The molecule has 0 atom stereocenters. The van der Waals surface area contributed by atoms with Gasteiger partial charge in [-0.05, 0) is 0 Å². The first-order chi connectivity index (χ1) is 5.06. The van der Waals surface area contributed by atoms with Crippen molar-refractivity contribution in [3.05, 3.63) is 0 Å². The Labute approximate surface area is 76.3 Å². The maximum absolute atomic E-state index is 10.4. The second-order valence-corrected chi connectivity index (χ2v) is 1.88. The van der Waals surface area contributed by atoms with Crippen LogP contribution in [0.5, 0.6) is 0 Å². The summed E-state index contributed by atoms with van der Waals surface area (Å²) in [6, 6.07) is 0. The summed E-state index contributed by atoms with van der Waals surface area (Å²) in [5.74, 6) is -1.86. The van der Waals surface area contributed by atoms with E-state index >= 15 is 0 Å². The molecule has 0 spiro atoms. The van der Waals surface area contributed by atoms with E-state index in [1.54, 1.807) is 0 Å². The summed E-state index contributed by atoms with van der Waals surface area (Å²) < 4.78 is 7.86. The first-order valence-corrected chi connectivity index (χ1v) is 3.31. The monoisotopic (exact) mass is 274 g/mol. The standard InChI is InChI=1S/C3H4BIO6/c5-11-3(7)1-2(6)10-4(8)9/h8-9H,1H2. The Bertz CT molecular complexity index is 158. The molecule has 2 N–H and O–H groups in total. The van der Waals surface area contributed by atoms with E-state index in [0.29, 0.717) is 0 Å². The third-order valence-corrected chi connectivity index (χ3v) is 1.10. The minimum atomic E-state index is -2.19. The molecule has 0 bridgehead atoms. The van der Waals surface area contributed by atoms with Crippen molar-refractivity contribution in [1.29, 1.82) is 0 Å². The largest absolute Gasteiger partial charge is 0.709 e. The highest BCUT2D eigenvalue weighted by molar-refractivity contribution is 14.1. The fraction of sp³-hybridized carbons (Fsp3) is 0.333. The van der Waals surface area contributed by atoms with Crippen molar-refractivity contribution in [2.24, 2.45) is 0 Å². The van der Waals surface area contributed by atoms with Gasteiger partial charge in [0.05, 0.1) is 0 Å². The molecule has 0 unspecified atom stereocenters. The quantitative estimate of drug-likeness (QED) is 0.380. The van der Waals surface area contributed by atoms with Gasteiger partial charge in [0.25, 0.3) is 0 Å². The van der Waals surface area contributed by atoms with Crippen LogP contribution in [0.25, 0.3) is 0 Å². The van der Waals surface area contributed by atoms with E-state index in [0.717, 1.165) is 0 Å². The van der Waals surface area contributed by atoms with Gasteiger partial charge in [-0.25, -0.2) is 0 Å². The van der Waals surface area contributed by atoms with E-state index in [-0.39, 0.29) is 0 Å². The third-order valence-electron chi connectivity index (χ3n) is 0.612. The molecule has 8 heteroatoms. The van der Waals surface area contributed by atoms with Crippen LogP contribution in [0.2, 0.25) is 0 Å². The minimum absolute atomic E-state index is 0.638. The highest BCUT2D eigenvalue weighted by Crippen LogP contribution is 1.94. The van der Waals surface area contributed by atoms with E-state index in [1.807, 2.05) is 0 Å². The zero-order valence-electron chi connectivity index (χ0n) is 5.19.